The van der Waals surface area contributed by atoms with Crippen molar-refractivity contribution in [3.05, 3.63) is 82.9 Å². The minimum Gasteiger partial charge on any atom is -0.493 e. The van der Waals surface area contributed by atoms with Gasteiger partial charge in [0, 0.05) is 11.6 Å². The molecule has 0 aliphatic carbocycles. The Labute approximate surface area is 260 Å². The molecule has 1 heterocycles. The summed E-state index contributed by atoms with van der Waals surface area (Å²) in [5.74, 6) is 0.357. The molecule has 0 saturated carbocycles. The number of carbonyl (C=O) groups excluding carboxylic acids is 3. The van der Waals surface area contributed by atoms with Crippen LogP contribution in [0, 0.1) is 11.3 Å². The van der Waals surface area contributed by atoms with Gasteiger partial charge in [-0.25, -0.2) is 0 Å². The number of hydrogen-bond acceptors (Lipinski definition) is 6. The molecule has 0 aromatic heterocycles. The summed E-state index contributed by atoms with van der Waals surface area (Å²) in [5.41, 5.74) is 2.74. The van der Waals surface area contributed by atoms with E-state index in [1.807, 2.05) is 36.4 Å². The van der Waals surface area contributed by atoms with Crippen molar-refractivity contribution in [1.29, 1.82) is 0 Å². The highest BCUT2D eigenvalue weighted by molar-refractivity contribution is 6.21. The molecule has 1 aliphatic rings. The van der Waals surface area contributed by atoms with Gasteiger partial charge in [0.2, 0.25) is 11.7 Å². The lowest BCUT2D eigenvalue weighted by atomic mass is 9.68. The third-order valence-corrected chi connectivity index (χ3v) is 8.27. The Morgan fingerprint density at radius 3 is 1.98 bits per heavy atom. The number of nitrogens with zero attached hydrogens (tertiary/aromatic N) is 1. The number of unbranched alkanes of at least 4 members (excludes halogenated alkanes) is 2. The summed E-state index contributed by atoms with van der Waals surface area (Å²) in [7, 11) is 4.76. The van der Waals surface area contributed by atoms with E-state index in [2.05, 4.69) is 33.0 Å². The number of ether oxygens (including phenoxy) is 3. The maximum absolute atomic E-state index is 14.2. The molecule has 1 N–H and O–H groups in total. The van der Waals surface area contributed by atoms with Crippen LogP contribution in [0.4, 0.5) is 5.69 Å². The molecule has 44 heavy (non-hydrogen) atoms. The van der Waals surface area contributed by atoms with E-state index in [1.54, 1.807) is 45.6 Å². The lowest BCUT2D eigenvalue weighted by Crippen LogP contribution is -2.38. The van der Waals surface area contributed by atoms with Crippen molar-refractivity contribution in [2.45, 2.75) is 65.8 Å². The van der Waals surface area contributed by atoms with Crippen LogP contribution in [0.25, 0.3) is 0 Å². The van der Waals surface area contributed by atoms with Crippen molar-refractivity contribution in [2.75, 3.05) is 26.6 Å². The topological polar surface area (TPSA) is 94.2 Å². The Hall–Kier alpha value is -4.33. The molecule has 0 bridgehead atoms. The molecule has 2 atom stereocenters. The first-order valence-corrected chi connectivity index (χ1v) is 15.2. The molecule has 234 valence electrons. The van der Waals surface area contributed by atoms with Crippen molar-refractivity contribution in [3.63, 3.8) is 0 Å². The number of rotatable bonds is 13. The summed E-state index contributed by atoms with van der Waals surface area (Å²) in [6.07, 6.45) is 3.89. The van der Waals surface area contributed by atoms with Gasteiger partial charge in [0.25, 0.3) is 11.8 Å². The number of imide groups is 1. The molecule has 3 aromatic carbocycles. The number of fused-ring (bicyclic) bond motifs is 1. The van der Waals surface area contributed by atoms with E-state index < -0.39 is 5.92 Å². The summed E-state index contributed by atoms with van der Waals surface area (Å²) < 4.78 is 16.9. The quantitative estimate of drug-likeness (QED) is 0.162. The van der Waals surface area contributed by atoms with Crippen LogP contribution in [-0.4, -0.2) is 44.0 Å². The largest absolute Gasteiger partial charge is 0.493 e. The normalized spacial score (nSPS) is 14.2. The third-order valence-electron chi connectivity index (χ3n) is 8.27. The highest BCUT2D eigenvalue weighted by atomic mass is 16.5. The number of hydrogen-bond donors (Lipinski definition) is 1. The molecule has 2 unspecified atom stereocenters. The van der Waals surface area contributed by atoms with Gasteiger partial charge in [-0.05, 0) is 65.3 Å². The van der Waals surface area contributed by atoms with Gasteiger partial charge in [0.1, 0.15) is 0 Å². The summed E-state index contributed by atoms with van der Waals surface area (Å²) in [6.45, 7) is 8.53. The Morgan fingerprint density at radius 2 is 1.45 bits per heavy atom. The van der Waals surface area contributed by atoms with Crippen LogP contribution in [0.2, 0.25) is 0 Å². The van der Waals surface area contributed by atoms with Gasteiger partial charge in [0.05, 0.1) is 39.0 Å². The van der Waals surface area contributed by atoms with Crippen LogP contribution in [0.3, 0.4) is 0 Å². The second kappa shape index (κ2) is 14.0. The van der Waals surface area contributed by atoms with Crippen LogP contribution in [0.5, 0.6) is 17.2 Å². The zero-order valence-electron chi connectivity index (χ0n) is 26.9. The molecule has 8 heteroatoms. The van der Waals surface area contributed by atoms with E-state index in [1.165, 1.54) is 4.90 Å². The molecule has 1 aliphatic heterocycles. The van der Waals surface area contributed by atoms with Gasteiger partial charge in [-0.2, -0.15) is 0 Å². The lowest BCUT2D eigenvalue weighted by molar-refractivity contribution is -0.124. The van der Waals surface area contributed by atoms with E-state index in [9.17, 15) is 14.4 Å². The minimum atomic E-state index is -0.401. The molecule has 0 spiro atoms. The van der Waals surface area contributed by atoms with Crippen molar-refractivity contribution in [2.24, 2.45) is 11.3 Å². The Bertz CT molecular complexity index is 1450. The van der Waals surface area contributed by atoms with Crippen LogP contribution in [0.1, 0.15) is 91.1 Å². The van der Waals surface area contributed by atoms with E-state index in [0.29, 0.717) is 34.1 Å². The fraction of sp³-hybridized carbons (Fsp3) is 0.417. The number of amides is 3. The Kier molecular flexibility index (Phi) is 10.3. The zero-order valence-corrected chi connectivity index (χ0v) is 26.9. The first-order chi connectivity index (χ1) is 21.0. The van der Waals surface area contributed by atoms with E-state index >= 15 is 0 Å². The van der Waals surface area contributed by atoms with Crippen LogP contribution in [-0.2, 0) is 11.3 Å². The van der Waals surface area contributed by atoms with E-state index in [4.69, 9.17) is 14.2 Å². The van der Waals surface area contributed by atoms with Gasteiger partial charge in [-0.1, -0.05) is 71.2 Å². The van der Waals surface area contributed by atoms with Crippen molar-refractivity contribution >= 4 is 23.4 Å². The predicted octanol–water partition coefficient (Wildman–Crippen LogP) is 7.47. The van der Waals surface area contributed by atoms with Gasteiger partial charge in [-0.15, -0.1) is 0 Å². The summed E-state index contributed by atoms with van der Waals surface area (Å²) in [6, 6.07) is 18.1. The second-order valence-corrected chi connectivity index (χ2v) is 12.3. The van der Waals surface area contributed by atoms with Crippen LogP contribution in [0.15, 0.2) is 60.7 Å². The number of methoxy groups -OCH3 is 3. The first-order valence-electron chi connectivity index (χ1n) is 15.2. The number of nitrogens with one attached hydrogen (secondary N) is 1. The molecule has 3 amide bonds. The van der Waals surface area contributed by atoms with Crippen molar-refractivity contribution in [3.8, 4) is 17.2 Å². The molecular weight excluding hydrogens is 556 g/mol. The van der Waals surface area contributed by atoms with Crippen LogP contribution >= 0.6 is 0 Å². The molecular formula is C36H44N2O6. The molecule has 0 saturated heterocycles. The molecule has 3 aromatic rings. The second-order valence-electron chi connectivity index (χ2n) is 12.3. The fourth-order valence-corrected chi connectivity index (χ4v) is 6.17. The van der Waals surface area contributed by atoms with Crippen LogP contribution < -0.4 is 19.5 Å². The van der Waals surface area contributed by atoms with Gasteiger partial charge in [-0.3, -0.25) is 19.3 Å². The maximum Gasteiger partial charge on any atom is 0.261 e. The summed E-state index contributed by atoms with van der Waals surface area (Å²) in [4.78, 5) is 41.3. The number of carbonyl (C=O) groups is 3. The van der Waals surface area contributed by atoms with Gasteiger partial charge >= 0.3 is 0 Å². The first kappa shape index (κ1) is 32.6. The summed E-state index contributed by atoms with van der Waals surface area (Å²) >= 11 is 0. The molecule has 0 radical (unpaired) electrons. The standard InChI is InChI=1S/C36H44N2O6/c1-8-9-10-16-26(24-20-29(42-5)32(44-7)30(21-24)43-6)31(36(2,3)4)33(39)37-25-15-13-14-23(19-25)22-38-34(40)27-17-11-12-18-28(27)35(38)41/h11-15,17-21,26,31H,8-10,16,22H2,1-7H3,(H,37,39). The molecule has 4 rings (SSSR count). The predicted molar refractivity (Wildman–Crippen MR) is 172 cm³/mol. The SMILES string of the molecule is CCCCCC(c1cc(OC)c(OC)c(OC)c1)C(C(=O)Nc1cccc(CN2C(=O)c3ccccc3C2=O)c1)C(C)(C)C. The minimum absolute atomic E-state index is 0.106. The smallest absolute Gasteiger partial charge is 0.261 e. The average Bonchev–Trinajstić information content (AvgIpc) is 3.24. The number of benzene rings is 3. The zero-order chi connectivity index (χ0) is 32.0. The highest BCUT2D eigenvalue weighted by Crippen LogP contribution is 2.46. The third kappa shape index (κ3) is 6.90. The maximum atomic E-state index is 14.2. The van der Waals surface area contributed by atoms with Gasteiger partial charge in [0.15, 0.2) is 11.5 Å². The summed E-state index contributed by atoms with van der Waals surface area (Å²) in [5, 5.41) is 3.16. The lowest BCUT2D eigenvalue weighted by Gasteiger charge is -2.37. The van der Waals surface area contributed by atoms with Crippen molar-refractivity contribution in [1.82, 2.24) is 4.90 Å². The average molecular weight is 601 g/mol. The van der Waals surface area contributed by atoms with Gasteiger partial charge < -0.3 is 19.5 Å². The monoisotopic (exact) mass is 600 g/mol. The number of anilines is 1. The van der Waals surface area contributed by atoms with Crippen molar-refractivity contribution < 1.29 is 28.6 Å². The fourth-order valence-electron chi connectivity index (χ4n) is 6.17. The molecule has 8 nitrogen and oxygen atoms in total. The van der Waals surface area contributed by atoms with E-state index in [-0.39, 0.29) is 35.6 Å². The Morgan fingerprint density at radius 1 is 0.841 bits per heavy atom. The Balaban J connectivity index is 1.63. The van der Waals surface area contributed by atoms with E-state index in [0.717, 1.165) is 36.8 Å². The highest BCUT2D eigenvalue weighted by Gasteiger charge is 2.40. The molecule has 0 fully saturated rings.